The molecule has 1 aromatic carbocycles. The lowest BCUT2D eigenvalue weighted by molar-refractivity contribution is -0.384. The van der Waals surface area contributed by atoms with Gasteiger partial charge in [0.1, 0.15) is 12.4 Å². The van der Waals surface area contributed by atoms with Gasteiger partial charge in [-0.15, -0.1) is 0 Å². The lowest BCUT2D eigenvalue weighted by Crippen LogP contribution is -2.23. The normalized spacial score (nSPS) is 13.1. The van der Waals surface area contributed by atoms with Gasteiger partial charge in [0, 0.05) is 12.1 Å². The third-order valence-electron chi connectivity index (χ3n) is 2.34. The number of rotatable bonds is 5. The van der Waals surface area contributed by atoms with Crippen LogP contribution in [0, 0.1) is 15.5 Å². The monoisotopic (exact) mass is 253 g/mol. The van der Waals surface area contributed by atoms with Crippen LogP contribution in [-0.2, 0) is 0 Å². The van der Waals surface area contributed by atoms with E-state index in [0.29, 0.717) is 12.2 Å². The fourth-order valence-corrected chi connectivity index (χ4v) is 1.62. The molecule has 0 amide bonds. The predicted molar refractivity (Wildman–Crippen MR) is 68.7 cm³/mol. The Kier molecular flexibility index (Phi) is 4.67. The summed E-state index contributed by atoms with van der Waals surface area (Å²) in [4.78, 5) is 10.00. The third kappa shape index (κ3) is 5.14. The summed E-state index contributed by atoms with van der Waals surface area (Å²) < 4.78 is 5.38. The van der Waals surface area contributed by atoms with Crippen molar-refractivity contribution in [2.24, 2.45) is 5.41 Å². The first-order valence-electron chi connectivity index (χ1n) is 5.83. The molecule has 1 aromatic rings. The van der Waals surface area contributed by atoms with Gasteiger partial charge < -0.3 is 9.84 Å². The standard InChI is InChI=1S/C13H19NO4/c1-13(2,3)8-11(15)9-18-12-6-4-10(5-7-12)14(16)17/h4-7,11,15H,8-9H2,1-3H3. The summed E-state index contributed by atoms with van der Waals surface area (Å²) in [5.74, 6) is 0.522. The predicted octanol–water partition coefficient (Wildman–Crippen LogP) is 2.77. The Morgan fingerprint density at radius 2 is 1.89 bits per heavy atom. The number of benzene rings is 1. The highest BCUT2D eigenvalue weighted by atomic mass is 16.6. The maximum absolute atomic E-state index is 10.5. The number of nitro benzene ring substituents is 1. The Balaban J connectivity index is 2.46. The van der Waals surface area contributed by atoms with Crippen LogP contribution in [0.4, 0.5) is 5.69 Å². The summed E-state index contributed by atoms with van der Waals surface area (Å²) in [6, 6.07) is 5.82. The molecule has 0 saturated heterocycles. The molecule has 0 aliphatic heterocycles. The quantitative estimate of drug-likeness (QED) is 0.647. The Labute approximate surface area is 107 Å². The minimum atomic E-state index is -0.541. The van der Waals surface area contributed by atoms with E-state index in [9.17, 15) is 15.2 Å². The minimum absolute atomic E-state index is 0.0255. The van der Waals surface area contributed by atoms with Crippen LogP contribution < -0.4 is 4.74 Å². The van der Waals surface area contributed by atoms with Crippen molar-refractivity contribution in [2.75, 3.05) is 6.61 Å². The molecule has 1 atom stereocenters. The van der Waals surface area contributed by atoms with Crippen LogP contribution in [0.5, 0.6) is 5.75 Å². The molecular weight excluding hydrogens is 234 g/mol. The molecule has 0 bridgehead atoms. The van der Waals surface area contributed by atoms with E-state index in [0.717, 1.165) is 0 Å². The van der Waals surface area contributed by atoms with E-state index in [2.05, 4.69) is 0 Å². The molecule has 0 fully saturated rings. The topological polar surface area (TPSA) is 72.6 Å². The van der Waals surface area contributed by atoms with Crippen molar-refractivity contribution in [2.45, 2.75) is 33.3 Å². The van der Waals surface area contributed by atoms with Crippen LogP contribution in [0.15, 0.2) is 24.3 Å². The van der Waals surface area contributed by atoms with Gasteiger partial charge in [-0.05, 0) is 24.0 Å². The number of hydrogen-bond donors (Lipinski definition) is 1. The summed E-state index contributed by atoms with van der Waals surface area (Å²) in [5.41, 5.74) is 0.0655. The molecule has 1 unspecified atom stereocenters. The second kappa shape index (κ2) is 5.82. The molecule has 1 N–H and O–H groups in total. The molecule has 0 spiro atoms. The molecule has 100 valence electrons. The molecule has 0 radical (unpaired) electrons. The first kappa shape index (κ1) is 14.4. The number of hydrogen-bond acceptors (Lipinski definition) is 4. The van der Waals surface area contributed by atoms with Crippen molar-refractivity contribution < 1.29 is 14.8 Å². The van der Waals surface area contributed by atoms with Gasteiger partial charge >= 0.3 is 0 Å². The first-order chi connectivity index (χ1) is 8.28. The summed E-state index contributed by atoms with van der Waals surface area (Å²) in [6.45, 7) is 6.32. The summed E-state index contributed by atoms with van der Waals surface area (Å²) >= 11 is 0. The molecular formula is C13H19NO4. The van der Waals surface area contributed by atoms with E-state index in [4.69, 9.17) is 4.74 Å². The number of nitro groups is 1. The SMILES string of the molecule is CC(C)(C)CC(O)COc1ccc([N+](=O)[O-])cc1. The summed E-state index contributed by atoms with van der Waals surface area (Å²) in [6.07, 6.45) is 0.0974. The van der Waals surface area contributed by atoms with Gasteiger partial charge in [0.15, 0.2) is 0 Å². The van der Waals surface area contributed by atoms with E-state index in [-0.39, 0.29) is 17.7 Å². The van der Waals surface area contributed by atoms with E-state index in [1.165, 1.54) is 24.3 Å². The van der Waals surface area contributed by atoms with E-state index in [1.807, 2.05) is 20.8 Å². The molecule has 1 rings (SSSR count). The average Bonchev–Trinajstić information content (AvgIpc) is 2.24. The zero-order valence-corrected chi connectivity index (χ0v) is 10.9. The number of ether oxygens (including phenoxy) is 1. The zero-order chi connectivity index (χ0) is 13.8. The largest absolute Gasteiger partial charge is 0.491 e. The Hall–Kier alpha value is -1.62. The van der Waals surface area contributed by atoms with Crippen molar-refractivity contribution in [3.8, 4) is 5.75 Å². The van der Waals surface area contributed by atoms with E-state index < -0.39 is 11.0 Å². The van der Waals surface area contributed by atoms with Gasteiger partial charge in [-0.2, -0.15) is 0 Å². The van der Waals surface area contributed by atoms with E-state index >= 15 is 0 Å². The third-order valence-corrected chi connectivity index (χ3v) is 2.34. The van der Waals surface area contributed by atoms with Gasteiger partial charge in [0.2, 0.25) is 0 Å². The Morgan fingerprint density at radius 1 is 1.33 bits per heavy atom. The maximum atomic E-state index is 10.5. The van der Waals surface area contributed by atoms with Crippen LogP contribution in [0.25, 0.3) is 0 Å². The van der Waals surface area contributed by atoms with Crippen LogP contribution in [-0.4, -0.2) is 22.7 Å². The highest BCUT2D eigenvalue weighted by molar-refractivity contribution is 5.35. The average molecular weight is 253 g/mol. The molecule has 0 aliphatic carbocycles. The lowest BCUT2D eigenvalue weighted by atomic mass is 9.89. The van der Waals surface area contributed by atoms with Crippen molar-refractivity contribution in [3.05, 3.63) is 34.4 Å². The molecule has 5 nitrogen and oxygen atoms in total. The minimum Gasteiger partial charge on any atom is -0.491 e. The highest BCUT2D eigenvalue weighted by Gasteiger charge is 2.17. The Bertz CT molecular complexity index is 394. The number of aliphatic hydroxyl groups is 1. The fraction of sp³-hybridized carbons (Fsp3) is 0.538. The van der Waals surface area contributed by atoms with Gasteiger partial charge in [0.25, 0.3) is 5.69 Å². The van der Waals surface area contributed by atoms with Crippen LogP contribution >= 0.6 is 0 Å². The van der Waals surface area contributed by atoms with Crippen molar-refractivity contribution >= 4 is 5.69 Å². The molecule has 0 aliphatic rings. The van der Waals surface area contributed by atoms with Crippen molar-refractivity contribution in [1.29, 1.82) is 0 Å². The van der Waals surface area contributed by atoms with Crippen LogP contribution in [0.3, 0.4) is 0 Å². The van der Waals surface area contributed by atoms with Gasteiger partial charge in [0.05, 0.1) is 11.0 Å². The Morgan fingerprint density at radius 3 is 2.33 bits per heavy atom. The van der Waals surface area contributed by atoms with Crippen molar-refractivity contribution in [1.82, 2.24) is 0 Å². The van der Waals surface area contributed by atoms with Gasteiger partial charge in [-0.25, -0.2) is 0 Å². The molecule has 18 heavy (non-hydrogen) atoms. The number of aliphatic hydroxyl groups excluding tert-OH is 1. The number of nitrogens with zero attached hydrogens (tertiary/aromatic N) is 1. The van der Waals surface area contributed by atoms with E-state index in [1.54, 1.807) is 0 Å². The molecule has 0 heterocycles. The fourth-order valence-electron chi connectivity index (χ4n) is 1.62. The lowest BCUT2D eigenvalue weighted by Gasteiger charge is -2.22. The highest BCUT2D eigenvalue weighted by Crippen LogP contribution is 2.22. The van der Waals surface area contributed by atoms with Crippen LogP contribution in [0.2, 0.25) is 0 Å². The smallest absolute Gasteiger partial charge is 0.269 e. The van der Waals surface area contributed by atoms with Gasteiger partial charge in [-0.3, -0.25) is 10.1 Å². The van der Waals surface area contributed by atoms with Crippen LogP contribution in [0.1, 0.15) is 27.2 Å². The zero-order valence-electron chi connectivity index (χ0n) is 10.9. The van der Waals surface area contributed by atoms with Gasteiger partial charge in [-0.1, -0.05) is 20.8 Å². The molecule has 0 aromatic heterocycles. The van der Waals surface area contributed by atoms with Crippen molar-refractivity contribution in [3.63, 3.8) is 0 Å². The molecule has 5 heteroatoms. The summed E-state index contributed by atoms with van der Waals surface area (Å²) in [5, 5.41) is 20.2. The second-order valence-corrected chi connectivity index (χ2v) is 5.48. The molecule has 0 saturated carbocycles. The number of non-ortho nitro benzene ring substituents is 1. The first-order valence-corrected chi connectivity index (χ1v) is 5.83. The maximum Gasteiger partial charge on any atom is 0.269 e. The second-order valence-electron chi connectivity index (χ2n) is 5.48. The summed E-state index contributed by atoms with van der Waals surface area (Å²) in [7, 11) is 0.